The van der Waals surface area contributed by atoms with Gasteiger partial charge in [-0.1, -0.05) is 13.8 Å². The van der Waals surface area contributed by atoms with Crippen LogP contribution < -0.4 is 5.73 Å². The lowest BCUT2D eigenvalue weighted by atomic mass is 9.79. The minimum atomic E-state index is -0.814. The van der Waals surface area contributed by atoms with Crippen molar-refractivity contribution in [2.24, 2.45) is 11.1 Å². The fourth-order valence-corrected chi connectivity index (χ4v) is 2.54. The number of likely N-dealkylation sites (tertiary alicyclic amines) is 1. The molecule has 0 saturated carbocycles. The number of piperidine rings is 1. The second-order valence-electron chi connectivity index (χ2n) is 6.19. The highest BCUT2D eigenvalue weighted by Gasteiger charge is 2.36. The number of nitrogens with zero attached hydrogens (tertiary/aromatic N) is 1. The highest BCUT2D eigenvalue weighted by atomic mass is 35.5. The normalized spacial score (nSPS) is 20.9. The summed E-state index contributed by atoms with van der Waals surface area (Å²) in [4.78, 5) is 14.0. The van der Waals surface area contributed by atoms with E-state index in [2.05, 4.69) is 0 Å². The minimum Gasteiger partial charge on any atom is -0.338 e. The van der Waals surface area contributed by atoms with Crippen LogP contribution in [-0.4, -0.2) is 29.9 Å². The molecule has 1 atom stereocenters. The molecular formula is C15H21ClF2N2O. The zero-order chi connectivity index (χ0) is 15.1. The second kappa shape index (κ2) is 6.28. The Labute approximate surface area is 129 Å². The number of rotatable bonds is 1. The molecule has 1 heterocycles. The van der Waals surface area contributed by atoms with Gasteiger partial charge in [0.15, 0.2) is 0 Å². The van der Waals surface area contributed by atoms with Crippen molar-refractivity contribution in [2.75, 3.05) is 13.1 Å². The second-order valence-corrected chi connectivity index (χ2v) is 6.19. The van der Waals surface area contributed by atoms with Gasteiger partial charge in [-0.2, -0.15) is 0 Å². The molecular weight excluding hydrogens is 298 g/mol. The molecule has 1 saturated heterocycles. The van der Waals surface area contributed by atoms with Gasteiger partial charge in [-0.3, -0.25) is 4.79 Å². The van der Waals surface area contributed by atoms with Crippen LogP contribution in [0.4, 0.5) is 8.78 Å². The van der Waals surface area contributed by atoms with Crippen molar-refractivity contribution in [3.8, 4) is 0 Å². The van der Waals surface area contributed by atoms with Gasteiger partial charge < -0.3 is 10.6 Å². The molecule has 0 bridgehead atoms. The molecule has 21 heavy (non-hydrogen) atoms. The number of aryl methyl sites for hydroxylation is 1. The van der Waals surface area contributed by atoms with E-state index in [1.807, 2.05) is 13.8 Å². The Hall–Kier alpha value is -1.20. The van der Waals surface area contributed by atoms with Crippen LogP contribution in [0.15, 0.2) is 12.1 Å². The van der Waals surface area contributed by atoms with E-state index in [1.54, 1.807) is 4.90 Å². The van der Waals surface area contributed by atoms with Crippen molar-refractivity contribution in [1.82, 2.24) is 4.90 Å². The van der Waals surface area contributed by atoms with Gasteiger partial charge in [-0.15, -0.1) is 12.4 Å². The summed E-state index contributed by atoms with van der Waals surface area (Å²) >= 11 is 0. The maximum Gasteiger partial charge on any atom is 0.256 e. The van der Waals surface area contributed by atoms with E-state index in [-0.39, 0.29) is 35.0 Å². The largest absolute Gasteiger partial charge is 0.338 e. The molecule has 1 amide bonds. The zero-order valence-corrected chi connectivity index (χ0v) is 13.3. The molecule has 118 valence electrons. The quantitative estimate of drug-likeness (QED) is 0.865. The van der Waals surface area contributed by atoms with Crippen molar-refractivity contribution in [3.63, 3.8) is 0 Å². The fourth-order valence-electron chi connectivity index (χ4n) is 2.54. The first-order chi connectivity index (χ1) is 9.22. The Morgan fingerprint density at radius 2 is 1.95 bits per heavy atom. The molecule has 1 aromatic rings. The SMILES string of the molecule is Cc1cc(C(=O)N2CCC(N)C(C)(C)C2)c(F)cc1F.Cl. The number of carbonyl (C=O) groups is 1. The van der Waals surface area contributed by atoms with E-state index >= 15 is 0 Å². The Balaban J connectivity index is 0.00000220. The van der Waals surface area contributed by atoms with Gasteiger partial charge in [0.05, 0.1) is 5.56 Å². The predicted molar refractivity (Wildman–Crippen MR) is 80.6 cm³/mol. The molecule has 1 aliphatic heterocycles. The predicted octanol–water partition coefficient (Wildman–Crippen LogP) is 2.89. The summed E-state index contributed by atoms with van der Waals surface area (Å²) in [5.74, 6) is -1.85. The third-order valence-electron chi connectivity index (χ3n) is 4.08. The molecule has 2 N–H and O–H groups in total. The van der Waals surface area contributed by atoms with E-state index in [1.165, 1.54) is 13.0 Å². The molecule has 1 unspecified atom stereocenters. The smallest absolute Gasteiger partial charge is 0.256 e. The summed E-state index contributed by atoms with van der Waals surface area (Å²) in [5.41, 5.74) is 6.01. The van der Waals surface area contributed by atoms with Crippen molar-refractivity contribution in [1.29, 1.82) is 0 Å². The van der Waals surface area contributed by atoms with Crippen LogP contribution in [0.3, 0.4) is 0 Å². The van der Waals surface area contributed by atoms with Gasteiger partial charge in [0.2, 0.25) is 0 Å². The van der Waals surface area contributed by atoms with Gasteiger partial charge in [-0.05, 0) is 30.4 Å². The van der Waals surface area contributed by atoms with E-state index in [0.717, 1.165) is 6.07 Å². The van der Waals surface area contributed by atoms with Gasteiger partial charge in [-0.25, -0.2) is 8.78 Å². The monoisotopic (exact) mass is 318 g/mol. The highest BCUT2D eigenvalue weighted by Crippen LogP contribution is 2.29. The topological polar surface area (TPSA) is 46.3 Å². The van der Waals surface area contributed by atoms with Crippen LogP contribution in [0.25, 0.3) is 0 Å². The Kier molecular flexibility index (Phi) is 5.34. The summed E-state index contributed by atoms with van der Waals surface area (Å²) in [6.07, 6.45) is 0.681. The Morgan fingerprint density at radius 3 is 2.52 bits per heavy atom. The molecule has 0 spiro atoms. The first-order valence-electron chi connectivity index (χ1n) is 6.73. The molecule has 3 nitrogen and oxygen atoms in total. The van der Waals surface area contributed by atoms with Crippen molar-refractivity contribution >= 4 is 18.3 Å². The van der Waals surface area contributed by atoms with Gasteiger partial charge in [0.25, 0.3) is 5.91 Å². The summed E-state index contributed by atoms with van der Waals surface area (Å²) in [7, 11) is 0. The summed E-state index contributed by atoms with van der Waals surface area (Å²) < 4.78 is 27.1. The third-order valence-corrected chi connectivity index (χ3v) is 4.08. The third kappa shape index (κ3) is 3.52. The molecule has 1 aromatic carbocycles. The maximum atomic E-state index is 13.8. The average molecular weight is 319 g/mol. The lowest BCUT2D eigenvalue weighted by molar-refractivity contribution is 0.0528. The van der Waals surface area contributed by atoms with Crippen LogP contribution in [0.5, 0.6) is 0 Å². The standard InChI is InChI=1S/C15H20F2N2O.ClH/c1-9-6-10(12(17)7-11(9)16)14(20)19-5-4-13(18)15(2,3)8-19;/h6-7,13H,4-5,8,18H2,1-3H3;1H. The molecule has 0 radical (unpaired) electrons. The summed E-state index contributed by atoms with van der Waals surface area (Å²) in [5, 5.41) is 0. The van der Waals surface area contributed by atoms with Crippen LogP contribution in [0.2, 0.25) is 0 Å². The van der Waals surface area contributed by atoms with E-state index in [0.29, 0.717) is 19.5 Å². The molecule has 6 heteroatoms. The molecule has 0 aromatic heterocycles. The molecule has 1 fully saturated rings. The zero-order valence-electron chi connectivity index (χ0n) is 12.5. The van der Waals surface area contributed by atoms with Gasteiger partial charge in [0.1, 0.15) is 11.6 Å². The summed E-state index contributed by atoms with van der Waals surface area (Å²) in [6, 6.07) is 2.06. The molecule has 1 aliphatic rings. The van der Waals surface area contributed by atoms with Crippen LogP contribution in [-0.2, 0) is 0 Å². The highest BCUT2D eigenvalue weighted by molar-refractivity contribution is 5.94. The van der Waals surface area contributed by atoms with Crippen molar-refractivity contribution in [3.05, 3.63) is 34.9 Å². The van der Waals surface area contributed by atoms with E-state index in [4.69, 9.17) is 5.73 Å². The number of carbonyl (C=O) groups excluding carboxylic acids is 1. The lowest BCUT2D eigenvalue weighted by Gasteiger charge is -2.42. The van der Waals surface area contributed by atoms with Crippen LogP contribution in [0.1, 0.15) is 36.2 Å². The van der Waals surface area contributed by atoms with E-state index in [9.17, 15) is 13.6 Å². The lowest BCUT2D eigenvalue weighted by Crippen LogP contribution is -2.54. The number of halogens is 3. The summed E-state index contributed by atoms with van der Waals surface area (Å²) in [6.45, 7) is 6.47. The molecule has 0 aliphatic carbocycles. The first-order valence-corrected chi connectivity index (χ1v) is 6.73. The van der Waals surface area contributed by atoms with Crippen LogP contribution in [0, 0.1) is 24.0 Å². The fraction of sp³-hybridized carbons (Fsp3) is 0.533. The number of nitrogens with two attached hydrogens (primary N) is 1. The Morgan fingerprint density at radius 1 is 1.33 bits per heavy atom. The molecule has 2 rings (SSSR count). The van der Waals surface area contributed by atoms with Crippen molar-refractivity contribution < 1.29 is 13.6 Å². The van der Waals surface area contributed by atoms with Crippen LogP contribution >= 0.6 is 12.4 Å². The number of benzene rings is 1. The Bertz CT molecular complexity index is 549. The maximum absolute atomic E-state index is 13.8. The number of amides is 1. The number of hydrogen-bond acceptors (Lipinski definition) is 2. The van der Waals surface area contributed by atoms with E-state index < -0.39 is 17.5 Å². The number of hydrogen-bond donors (Lipinski definition) is 1. The minimum absolute atomic E-state index is 0. The van der Waals surface area contributed by atoms with Gasteiger partial charge in [0, 0.05) is 25.2 Å². The average Bonchev–Trinajstić information content (AvgIpc) is 2.36. The first kappa shape index (κ1) is 17.9. The van der Waals surface area contributed by atoms with Gasteiger partial charge >= 0.3 is 0 Å². The van der Waals surface area contributed by atoms with Crippen molar-refractivity contribution in [2.45, 2.75) is 33.2 Å².